The maximum Gasteiger partial charge on any atom is 0.165 e. The zero-order chi connectivity index (χ0) is 11.4. The van der Waals surface area contributed by atoms with Gasteiger partial charge in [0.15, 0.2) is 11.6 Å². The predicted octanol–water partition coefficient (Wildman–Crippen LogP) is 3.34. The van der Waals surface area contributed by atoms with Crippen molar-refractivity contribution in [1.29, 1.82) is 0 Å². The Morgan fingerprint density at radius 1 is 1.06 bits per heavy atom. The highest BCUT2D eigenvalue weighted by atomic mass is 19.2. The third kappa shape index (κ3) is 2.37. The zero-order valence-corrected chi connectivity index (χ0v) is 8.41. The summed E-state index contributed by atoms with van der Waals surface area (Å²) < 4.78 is 31.4. The highest BCUT2D eigenvalue weighted by Gasteiger charge is 2.07. The molecule has 0 saturated carbocycles. The molecule has 0 fully saturated rings. The molecule has 0 heterocycles. The van der Waals surface area contributed by atoms with Crippen LogP contribution in [0.25, 0.3) is 0 Å². The van der Waals surface area contributed by atoms with Crippen LogP contribution in [0.5, 0.6) is 5.75 Å². The second kappa shape index (κ2) is 4.75. The van der Waals surface area contributed by atoms with Crippen LogP contribution in [0.2, 0.25) is 0 Å². The number of ether oxygens (including phenoxy) is 1. The first-order chi connectivity index (χ1) is 7.77. The monoisotopic (exact) mass is 219 g/mol. The molecular weight excluding hydrogens is 210 g/mol. The van der Waals surface area contributed by atoms with Gasteiger partial charge in [-0.15, -0.1) is 0 Å². The number of hydrogen-bond acceptors (Lipinski definition) is 1. The van der Waals surface area contributed by atoms with Gasteiger partial charge in [-0.2, -0.15) is 0 Å². The number of rotatable bonds is 3. The Balaban J connectivity index is 2.08. The average molecular weight is 219 g/mol. The van der Waals surface area contributed by atoms with Crippen LogP contribution >= 0.6 is 0 Å². The van der Waals surface area contributed by atoms with Crippen LogP contribution in [0.15, 0.2) is 42.5 Å². The standard InChI is InChI=1S/C13H9F2O/c14-12-8-4-5-10(13(12)15)9-16-11-6-2-1-3-7-11/h2-8H,9H2. The number of benzene rings is 2. The fraction of sp³-hybridized carbons (Fsp3) is 0.0769. The topological polar surface area (TPSA) is 9.23 Å². The molecule has 0 saturated heterocycles. The van der Waals surface area contributed by atoms with Crippen molar-refractivity contribution in [3.63, 3.8) is 0 Å². The van der Waals surface area contributed by atoms with Gasteiger partial charge in [0, 0.05) is 5.56 Å². The Kier molecular flexibility index (Phi) is 3.15. The van der Waals surface area contributed by atoms with Gasteiger partial charge in [-0.05, 0) is 24.3 Å². The minimum Gasteiger partial charge on any atom is -0.489 e. The van der Waals surface area contributed by atoms with Crippen molar-refractivity contribution < 1.29 is 13.5 Å². The van der Waals surface area contributed by atoms with Crippen LogP contribution in [-0.4, -0.2) is 0 Å². The highest BCUT2D eigenvalue weighted by molar-refractivity contribution is 5.22. The second-order valence-electron chi connectivity index (χ2n) is 3.24. The molecule has 1 nitrogen and oxygen atoms in total. The van der Waals surface area contributed by atoms with E-state index in [-0.39, 0.29) is 12.2 Å². The Morgan fingerprint density at radius 3 is 2.56 bits per heavy atom. The molecule has 0 spiro atoms. The lowest BCUT2D eigenvalue weighted by Crippen LogP contribution is -2.00. The second-order valence-corrected chi connectivity index (χ2v) is 3.24. The normalized spacial score (nSPS) is 10.1. The molecule has 16 heavy (non-hydrogen) atoms. The maximum absolute atomic E-state index is 13.2. The van der Waals surface area contributed by atoms with Gasteiger partial charge < -0.3 is 4.74 Å². The lowest BCUT2D eigenvalue weighted by atomic mass is 10.2. The van der Waals surface area contributed by atoms with Crippen LogP contribution in [0, 0.1) is 17.7 Å². The largest absolute Gasteiger partial charge is 0.489 e. The molecule has 2 rings (SSSR count). The molecule has 0 unspecified atom stereocenters. The van der Waals surface area contributed by atoms with Gasteiger partial charge in [0.05, 0.1) is 0 Å². The molecule has 0 N–H and O–H groups in total. The van der Waals surface area contributed by atoms with E-state index in [4.69, 9.17) is 4.74 Å². The SMILES string of the molecule is Fc1cccc(COc2cc[c]cc2)c1F. The Hall–Kier alpha value is -1.90. The van der Waals surface area contributed by atoms with Crippen LogP contribution in [0.3, 0.4) is 0 Å². The van der Waals surface area contributed by atoms with E-state index in [0.29, 0.717) is 5.75 Å². The Bertz CT molecular complexity index is 469. The summed E-state index contributed by atoms with van der Waals surface area (Å²) in [6.45, 7) is 0.00755. The Labute approximate surface area is 92.3 Å². The molecule has 2 aromatic rings. The van der Waals surface area contributed by atoms with E-state index in [0.717, 1.165) is 6.07 Å². The predicted molar refractivity (Wildman–Crippen MR) is 56.0 cm³/mol. The van der Waals surface area contributed by atoms with Gasteiger partial charge in [-0.25, -0.2) is 8.78 Å². The fourth-order valence-electron chi connectivity index (χ4n) is 1.29. The highest BCUT2D eigenvalue weighted by Crippen LogP contribution is 2.15. The molecule has 0 aliphatic carbocycles. The molecule has 0 aliphatic heterocycles. The van der Waals surface area contributed by atoms with Crippen molar-refractivity contribution in [3.8, 4) is 5.75 Å². The quantitative estimate of drug-likeness (QED) is 0.769. The molecule has 0 bridgehead atoms. The zero-order valence-electron chi connectivity index (χ0n) is 8.41. The van der Waals surface area contributed by atoms with Gasteiger partial charge in [0.2, 0.25) is 0 Å². The smallest absolute Gasteiger partial charge is 0.165 e. The molecule has 81 valence electrons. The summed E-state index contributed by atoms with van der Waals surface area (Å²) in [6, 6.07) is 13.7. The van der Waals surface area contributed by atoms with Crippen molar-refractivity contribution in [1.82, 2.24) is 0 Å². The van der Waals surface area contributed by atoms with Crippen LogP contribution in [0.4, 0.5) is 8.78 Å². The first-order valence-electron chi connectivity index (χ1n) is 4.79. The van der Waals surface area contributed by atoms with Crippen molar-refractivity contribution in [2.45, 2.75) is 6.61 Å². The summed E-state index contributed by atoms with van der Waals surface area (Å²) in [4.78, 5) is 0. The first-order valence-corrected chi connectivity index (χ1v) is 4.79. The van der Waals surface area contributed by atoms with E-state index in [2.05, 4.69) is 6.07 Å². The molecule has 1 radical (unpaired) electrons. The van der Waals surface area contributed by atoms with E-state index < -0.39 is 11.6 Å². The fourth-order valence-corrected chi connectivity index (χ4v) is 1.29. The minimum absolute atomic E-state index is 0.00755. The minimum atomic E-state index is -0.859. The molecule has 0 aliphatic rings. The van der Waals surface area contributed by atoms with Crippen LogP contribution in [0.1, 0.15) is 5.56 Å². The lowest BCUT2D eigenvalue weighted by Gasteiger charge is -2.06. The van der Waals surface area contributed by atoms with Gasteiger partial charge in [0.25, 0.3) is 0 Å². The molecule has 0 aromatic heterocycles. The first kappa shape index (κ1) is 10.6. The summed E-state index contributed by atoms with van der Waals surface area (Å²) in [7, 11) is 0. The lowest BCUT2D eigenvalue weighted by molar-refractivity contribution is 0.297. The van der Waals surface area contributed by atoms with Gasteiger partial charge in [-0.3, -0.25) is 0 Å². The summed E-state index contributed by atoms with van der Waals surface area (Å²) in [5, 5.41) is 0. The Morgan fingerprint density at radius 2 is 1.81 bits per heavy atom. The summed E-state index contributed by atoms with van der Waals surface area (Å²) in [5.41, 5.74) is 0.202. The average Bonchev–Trinajstić information content (AvgIpc) is 2.32. The van der Waals surface area contributed by atoms with Crippen molar-refractivity contribution in [3.05, 3.63) is 65.7 Å². The van der Waals surface area contributed by atoms with E-state index in [9.17, 15) is 8.78 Å². The van der Waals surface area contributed by atoms with Gasteiger partial charge in [-0.1, -0.05) is 24.3 Å². The molecule has 2 aromatic carbocycles. The van der Waals surface area contributed by atoms with Gasteiger partial charge >= 0.3 is 0 Å². The maximum atomic E-state index is 13.2. The molecule has 0 amide bonds. The number of hydrogen-bond donors (Lipinski definition) is 0. The van der Waals surface area contributed by atoms with Gasteiger partial charge in [0.1, 0.15) is 12.4 Å². The van der Waals surface area contributed by atoms with E-state index in [1.807, 2.05) is 0 Å². The van der Waals surface area contributed by atoms with E-state index >= 15 is 0 Å². The molecule has 0 atom stereocenters. The van der Waals surface area contributed by atoms with E-state index in [1.54, 1.807) is 24.3 Å². The molecule has 3 heteroatoms. The van der Waals surface area contributed by atoms with Crippen molar-refractivity contribution in [2.75, 3.05) is 0 Å². The van der Waals surface area contributed by atoms with Crippen molar-refractivity contribution in [2.24, 2.45) is 0 Å². The summed E-state index contributed by atoms with van der Waals surface area (Å²) in [5.74, 6) is -1.12. The molecular formula is C13H9F2O. The summed E-state index contributed by atoms with van der Waals surface area (Å²) in [6.07, 6.45) is 0. The number of halogens is 2. The third-order valence-electron chi connectivity index (χ3n) is 2.11. The van der Waals surface area contributed by atoms with Crippen molar-refractivity contribution >= 4 is 0 Å². The van der Waals surface area contributed by atoms with Crippen LogP contribution in [-0.2, 0) is 6.61 Å². The third-order valence-corrected chi connectivity index (χ3v) is 2.11. The summed E-state index contributed by atoms with van der Waals surface area (Å²) >= 11 is 0. The van der Waals surface area contributed by atoms with Crippen LogP contribution < -0.4 is 4.74 Å². The van der Waals surface area contributed by atoms with E-state index in [1.165, 1.54) is 12.1 Å².